The Morgan fingerprint density at radius 2 is 1.92 bits per heavy atom. The molecule has 3 rings (SSSR count). The number of anilines is 1. The number of carbonyl (C=O) groups is 1. The topological polar surface area (TPSA) is 71.0 Å². The van der Waals surface area contributed by atoms with Crippen molar-refractivity contribution in [1.82, 2.24) is 19.3 Å². The molecule has 0 aliphatic rings. The van der Waals surface area contributed by atoms with Crippen molar-refractivity contribution in [2.45, 2.75) is 13.8 Å². The number of urea groups is 1. The van der Waals surface area contributed by atoms with Crippen molar-refractivity contribution in [3.05, 3.63) is 48.2 Å². The summed E-state index contributed by atoms with van der Waals surface area (Å²) in [5.74, 6) is 0.412. The number of fused-ring (bicyclic) bond motifs is 1. The van der Waals surface area contributed by atoms with Crippen LogP contribution >= 0.6 is 12.8 Å². The molecule has 0 spiro atoms. The highest BCUT2D eigenvalue weighted by atomic mass is 32.1. The van der Waals surface area contributed by atoms with Gasteiger partial charge in [-0.15, -0.1) is 0 Å². The van der Waals surface area contributed by atoms with Crippen LogP contribution in [0.25, 0.3) is 22.4 Å². The van der Waals surface area contributed by atoms with Crippen LogP contribution in [-0.4, -0.2) is 31.8 Å². The molecule has 0 atom stereocenters. The summed E-state index contributed by atoms with van der Waals surface area (Å²) in [4.78, 5) is 25.2. The quantitative estimate of drug-likeness (QED) is 0.714. The van der Waals surface area contributed by atoms with Gasteiger partial charge in [0.2, 0.25) is 0 Å². The molecule has 2 amide bonds. The third-order valence-electron chi connectivity index (χ3n) is 3.52. The van der Waals surface area contributed by atoms with Gasteiger partial charge in [-0.25, -0.2) is 14.8 Å². The number of amides is 2. The Hall–Kier alpha value is -2.67. The Morgan fingerprint density at radius 1 is 1.17 bits per heavy atom. The van der Waals surface area contributed by atoms with E-state index in [0.717, 1.165) is 11.3 Å². The van der Waals surface area contributed by atoms with Crippen LogP contribution < -0.4 is 5.32 Å². The number of thiol groups is 1. The molecule has 0 saturated heterocycles. The number of pyridine rings is 1. The van der Waals surface area contributed by atoms with Crippen LogP contribution in [0.4, 0.5) is 10.6 Å². The van der Waals surface area contributed by atoms with E-state index in [9.17, 15) is 4.79 Å². The van der Waals surface area contributed by atoms with Crippen molar-refractivity contribution in [3.63, 3.8) is 0 Å². The van der Waals surface area contributed by atoms with Crippen LogP contribution in [0.15, 0.2) is 42.6 Å². The number of aryl methyl sites for hydroxylation is 1. The number of nitrogens with zero attached hydrogens (tertiary/aromatic N) is 4. The van der Waals surface area contributed by atoms with Crippen LogP contribution in [0.2, 0.25) is 0 Å². The highest BCUT2D eigenvalue weighted by molar-refractivity contribution is 7.78. The van der Waals surface area contributed by atoms with E-state index in [2.05, 4.69) is 33.1 Å². The molecule has 1 N–H and O–H groups in total. The van der Waals surface area contributed by atoms with E-state index in [-0.39, 0.29) is 6.03 Å². The summed E-state index contributed by atoms with van der Waals surface area (Å²) in [6.07, 6.45) is 1.72. The number of benzene rings is 1. The van der Waals surface area contributed by atoms with E-state index in [1.54, 1.807) is 18.3 Å². The maximum absolute atomic E-state index is 11.9. The summed E-state index contributed by atoms with van der Waals surface area (Å²) in [5, 5.41) is 2.68. The van der Waals surface area contributed by atoms with Gasteiger partial charge >= 0.3 is 6.03 Å². The lowest BCUT2D eigenvalue weighted by Gasteiger charge is -2.13. The third-order valence-corrected chi connectivity index (χ3v) is 3.99. The van der Waals surface area contributed by atoms with Gasteiger partial charge in [0, 0.05) is 12.1 Å². The molecule has 7 heteroatoms. The molecule has 0 unspecified atom stereocenters. The lowest BCUT2D eigenvalue weighted by atomic mass is 10.1. The van der Waals surface area contributed by atoms with Crippen molar-refractivity contribution in [1.29, 1.82) is 0 Å². The fraction of sp³-hybridized carbons (Fsp3) is 0.176. The number of carbonyl (C=O) groups excluding carboxylic acids is 1. The molecule has 3 aromatic rings. The molecule has 0 bridgehead atoms. The standard InChI is InChI=1S/C17H17N5OS/c1-3-22(24)17(23)21-15-9-8-13-16(20-15)19-14(10-18-13)12-6-4-11(2)5-7-12/h4-10,24H,3H2,1-2H3,(H,19,20,21,23). The molecule has 0 aliphatic carbocycles. The lowest BCUT2D eigenvalue weighted by Crippen LogP contribution is -2.27. The third kappa shape index (κ3) is 3.46. The van der Waals surface area contributed by atoms with E-state index in [4.69, 9.17) is 0 Å². The Bertz CT molecular complexity index is 882. The highest BCUT2D eigenvalue weighted by Gasteiger charge is 2.10. The van der Waals surface area contributed by atoms with E-state index in [1.165, 1.54) is 9.87 Å². The molecule has 2 heterocycles. The predicted octanol–water partition coefficient (Wildman–Crippen LogP) is 3.70. The molecule has 2 aromatic heterocycles. The summed E-state index contributed by atoms with van der Waals surface area (Å²) in [5.41, 5.74) is 4.04. The van der Waals surface area contributed by atoms with Gasteiger partial charge in [-0.05, 0) is 26.0 Å². The summed E-state index contributed by atoms with van der Waals surface area (Å²) in [6, 6.07) is 11.2. The number of rotatable bonds is 3. The number of hydrogen-bond donors (Lipinski definition) is 2. The average molecular weight is 339 g/mol. The second kappa shape index (κ2) is 6.84. The normalized spacial score (nSPS) is 10.6. The van der Waals surface area contributed by atoms with Crippen LogP contribution in [0.1, 0.15) is 12.5 Å². The van der Waals surface area contributed by atoms with Gasteiger partial charge in [-0.1, -0.05) is 42.6 Å². The Morgan fingerprint density at radius 3 is 2.62 bits per heavy atom. The number of aromatic nitrogens is 3. The first-order valence-corrected chi connectivity index (χ1v) is 7.95. The number of hydrogen-bond acceptors (Lipinski definition) is 5. The van der Waals surface area contributed by atoms with Crippen molar-refractivity contribution >= 4 is 35.8 Å². The van der Waals surface area contributed by atoms with Crippen molar-refractivity contribution in [2.75, 3.05) is 11.9 Å². The molecule has 0 fully saturated rings. The van der Waals surface area contributed by atoms with Gasteiger partial charge in [0.05, 0.1) is 11.9 Å². The van der Waals surface area contributed by atoms with Crippen molar-refractivity contribution in [2.24, 2.45) is 0 Å². The maximum atomic E-state index is 11.9. The first-order chi connectivity index (χ1) is 11.6. The molecular formula is C17H17N5OS. The molecule has 0 saturated carbocycles. The minimum absolute atomic E-state index is 0.338. The molecule has 1 aromatic carbocycles. The first kappa shape index (κ1) is 16.2. The van der Waals surface area contributed by atoms with E-state index in [1.807, 2.05) is 38.1 Å². The summed E-state index contributed by atoms with van der Waals surface area (Å²) >= 11 is 4.07. The summed E-state index contributed by atoms with van der Waals surface area (Å²) < 4.78 is 1.26. The van der Waals surface area contributed by atoms with Crippen LogP contribution in [-0.2, 0) is 0 Å². The minimum Gasteiger partial charge on any atom is -0.291 e. The number of nitrogens with one attached hydrogen (secondary N) is 1. The van der Waals surface area contributed by atoms with Gasteiger partial charge in [-0.3, -0.25) is 14.6 Å². The van der Waals surface area contributed by atoms with Crippen LogP contribution in [0.3, 0.4) is 0 Å². The van der Waals surface area contributed by atoms with Gasteiger partial charge in [0.25, 0.3) is 0 Å². The van der Waals surface area contributed by atoms with Crippen molar-refractivity contribution in [3.8, 4) is 11.3 Å². The van der Waals surface area contributed by atoms with Gasteiger partial charge in [0.1, 0.15) is 11.3 Å². The van der Waals surface area contributed by atoms with Gasteiger partial charge in [-0.2, -0.15) is 0 Å². The Balaban J connectivity index is 1.93. The van der Waals surface area contributed by atoms with E-state index >= 15 is 0 Å². The van der Waals surface area contributed by atoms with Crippen molar-refractivity contribution < 1.29 is 4.79 Å². The average Bonchev–Trinajstić information content (AvgIpc) is 2.61. The fourth-order valence-electron chi connectivity index (χ4n) is 2.15. The first-order valence-electron chi connectivity index (χ1n) is 7.55. The largest absolute Gasteiger partial charge is 0.332 e. The second-order valence-corrected chi connectivity index (χ2v) is 5.79. The lowest BCUT2D eigenvalue weighted by molar-refractivity contribution is 0.240. The molecule has 6 nitrogen and oxygen atoms in total. The predicted molar refractivity (Wildman–Crippen MR) is 97.9 cm³/mol. The zero-order chi connectivity index (χ0) is 17.1. The molecule has 0 radical (unpaired) electrons. The summed E-state index contributed by atoms with van der Waals surface area (Å²) in [6.45, 7) is 4.35. The molecule has 24 heavy (non-hydrogen) atoms. The van der Waals surface area contributed by atoms with Gasteiger partial charge < -0.3 is 0 Å². The zero-order valence-electron chi connectivity index (χ0n) is 13.4. The Labute approximate surface area is 145 Å². The second-order valence-electron chi connectivity index (χ2n) is 5.31. The fourth-order valence-corrected chi connectivity index (χ4v) is 2.20. The maximum Gasteiger partial charge on any atom is 0.332 e. The molecule has 0 aliphatic heterocycles. The SMILES string of the molecule is CCN(S)C(=O)Nc1ccc2ncc(-c3ccc(C)cc3)nc2n1. The highest BCUT2D eigenvalue weighted by Crippen LogP contribution is 2.20. The Kier molecular flexibility index (Phi) is 4.61. The van der Waals surface area contributed by atoms with Gasteiger partial charge in [0.15, 0.2) is 5.65 Å². The summed E-state index contributed by atoms with van der Waals surface area (Å²) in [7, 11) is 0. The van der Waals surface area contributed by atoms with Crippen LogP contribution in [0, 0.1) is 6.92 Å². The zero-order valence-corrected chi connectivity index (χ0v) is 14.3. The monoisotopic (exact) mass is 339 g/mol. The minimum atomic E-state index is -0.338. The molecule has 122 valence electrons. The smallest absolute Gasteiger partial charge is 0.291 e. The van der Waals surface area contributed by atoms with E-state index in [0.29, 0.717) is 23.5 Å². The van der Waals surface area contributed by atoms with Crippen LogP contribution in [0.5, 0.6) is 0 Å². The van der Waals surface area contributed by atoms with E-state index < -0.39 is 0 Å². The molecular weight excluding hydrogens is 322 g/mol.